The molecule has 0 bridgehead atoms. The van der Waals surface area contributed by atoms with Gasteiger partial charge >= 0.3 is 0 Å². The van der Waals surface area contributed by atoms with Crippen molar-refractivity contribution in [3.63, 3.8) is 0 Å². The molecular formula is C12H28N2O. The molecule has 0 amide bonds. The molecule has 3 heteroatoms. The van der Waals surface area contributed by atoms with Crippen molar-refractivity contribution in [2.45, 2.75) is 53.1 Å². The lowest BCUT2D eigenvalue weighted by atomic mass is 9.85. The number of hydrogen-bond donors (Lipinski definition) is 2. The highest BCUT2D eigenvalue weighted by Crippen LogP contribution is 2.20. The Bertz CT molecular complexity index is 163. The molecule has 0 aromatic carbocycles. The number of nitrogens with two attached hydrogens (primary N) is 1. The van der Waals surface area contributed by atoms with Gasteiger partial charge in [-0.2, -0.15) is 0 Å². The summed E-state index contributed by atoms with van der Waals surface area (Å²) in [4.78, 5) is 2.27. The number of nitrogens with zero attached hydrogens (tertiary/aromatic N) is 1. The van der Waals surface area contributed by atoms with Gasteiger partial charge in [0.15, 0.2) is 0 Å². The van der Waals surface area contributed by atoms with E-state index in [9.17, 15) is 0 Å². The minimum Gasteiger partial charge on any atom is -0.395 e. The van der Waals surface area contributed by atoms with E-state index in [-0.39, 0.29) is 18.1 Å². The normalized spacial score (nSPS) is 15.0. The third kappa shape index (κ3) is 6.13. The Morgan fingerprint density at radius 3 is 2.07 bits per heavy atom. The van der Waals surface area contributed by atoms with E-state index in [0.717, 1.165) is 19.5 Å². The van der Waals surface area contributed by atoms with Crippen LogP contribution in [0.1, 0.15) is 41.0 Å². The molecule has 0 heterocycles. The average molecular weight is 216 g/mol. The van der Waals surface area contributed by atoms with Crippen molar-refractivity contribution in [2.75, 3.05) is 19.7 Å². The van der Waals surface area contributed by atoms with E-state index in [1.807, 2.05) is 0 Å². The SMILES string of the molecule is CC(C)N(CCO)CCC(N)C(C)(C)C. The van der Waals surface area contributed by atoms with Gasteiger partial charge < -0.3 is 10.8 Å². The fourth-order valence-corrected chi connectivity index (χ4v) is 1.49. The van der Waals surface area contributed by atoms with Crippen LogP contribution in [-0.4, -0.2) is 41.8 Å². The first-order chi connectivity index (χ1) is 6.79. The molecule has 0 saturated heterocycles. The van der Waals surface area contributed by atoms with Crippen LogP contribution in [0.25, 0.3) is 0 Å². The molecule has 92 valence electrons. The van der Waals surface area contributed by atoms with Crippen molar-refractivity contribution in [3.05, 3.63) is 0 Å². The van der Waals surface area contributed by atoms with Crippen molar-refractivity contribution >= 4 is 0 Å². The summed E-state index contributed by atoms with van der Waals surface area (Å²) >= 11 is 0. The van der Waals surface area contributed by atoms with Gasteiger partial charge in [0, 0.05) is 18.6 Å². The summed E-state index contributed by atoms with van der Waals surface area (Å²) in [6.07, 6.45) is 0.988. The Labute approximate surface area is 94.6 Å². The standard InChI is InChI=1S/C12H28N2O/c1-10(2)14(8-9-15)7-6-11(13)12(3,4)5/h10-11,15H,6-9,13H2,1-5H3. The summed E-state index contributed by atoms with van der Waals surface area (Å²) in [5, 5.41) is 8.94. The van der Waals surface area contributed by atoms with Gasteiger partial charge in [-0.25, -0.2) is 0 Å². The van der Waals surface area contributed by atoms with Crippen LogP contribution in [0.5, 0.6) is 0 Å². The third-order valence-corrected chi connectivity index (χ3v) is 2.96. The van der Waals surface area contributed by atoms with E-state index in [4.69, 9.17) is 10.8 Å². The molecule has 0 spiro atoms. The molecule has 1 atom stereocenters. The molecule has 15 heavy (non-hydrogen) atoms. The Morgan fingerprint density at radius 2 is 1.73 bits per heavy atom. The molecule has 0 aliphatic carbocycles. The Hall–Kier alpha value is -0.120. The van der Waals surface area contributed by atoms with E-state index in [2.05, 4.69) is 39.5 Å². The molecule has 0 radical (unpaired) electrons. The maximum atomic E-state index is 8.94. The van der Waals surface area contributed by atoms with Crippen LogP contribution in [-0.2, 0) is 0 Å². The van der Waals surface area contributed by atoms with Gasteiger partial charge in [0.2, 0.25) is 0 Å². The van der Waals surface area contributed by atoms with Crippen molar-refractivity contribution in [2.24, 2.45) is 11.1 Å². The molecule has 0 fully saturated rings. The number of aliphatic hydroxyl groups is 1. The summed E-state index contributed by atoms with van der Waals surface area (Å²) in [6, 6.07) is 0.696. The summed E-state index contributed by atoms with van der Waals surface area (Å²) in [7, 11) is 0. The van der Waals surface area contributed by atoms with E-state index < -0.39 is 0 Å². The highest BCUT2D eigenvalue weighted by atomic mass is 16.3. The minimum atomic E-state index is 0.169. The molecule has 0 saturated carbocycles. The molecule has 0 aromatic rings. The van der Waals surface area contributed by atoms with Gasteiger partial charge in [0.25, 0.3) is 0 Å². The molecule has 0 aromatic heterocycles. The zero-order valence-corrected chi connectivity index (χ0v) is 11.0. The van der Waals surface area contributed by atoms with Crippen molar-refractivity contribution in [1.82, 2.24) is 4.90 Å². The smallest absolute Gasteiger partial charge is 0.0558 e. The van der Waals surface area contributed by atoms with E-state index in [1.54, 1.807) is 0 Å². The maximum Gasteiger partial charge on any atom is 0.0558 e. The highest BCUT2D eigenvalue weighted by molar-refractivity contribution is 4.78. The highest BCUT2D eigenvalue weighted by Gasteiger charge is 2.21. The topological polar surface area (TPSA) is 49.5 Å². The Morgan fingerprint density at radius 1 is 1.20 bits per heavy atom. The van der Waals surface area contributed by atoms with Crippen molar-refractivity contribution in [1.29, 1.82) is 0 Å². The number of aliphatic hydroxyl groups excluding tert-OH is 1. The third-order valence-electron chi connectivity index (χ3n) is 2.96. The van der Waals surface area contributed by atoms with Crippen LogP contribution in [0.4, 0.5) is 0 Å². The van der Waals surface area contributed by atoms with Crippen LogP contribution >= 0.6 is 0 Å². The van der Waals surface area contributed by atoms with E-state index in [1.165, 1.54) is 0 Å². The van der Waals surface area contributed by atoms with Crippen molar-refractivity contribution < 1.29 is 5.11 Å². The summed E-state index contributed by atoms with van der Waals surface area (Å²) in [5.74, 6) is 0. The number of hydrogen-bond acceptors (Lipinski definition) is 3. The molecule has 3 nitrogen and oxygen atoms in total. The number of rotatable bonds is 6. The summed E-state index contributed by atoms with van der Waals surface area (Å²) < 4.78 is 0. The lowest BCUT2D eigenvalue weighted by Gasteiger charge is -2.31. The zero-order chi connectivity index (χ0) is 12.1. The van der Waals surface area contributed by atoms with Crippen LogP contribution in [0.15, 0.2) is 0 Å². The fraction of sp³-hybridized carbons (Fsp3) is 1.00. The molecular weight excluding hydrogens is 188 g/mol. The lowest BCUT2D eigenvalue weighted by molar-refractivity contribution is 0.152. The molecule has 0 aliphatic heterocycles. The quantitative estimate of drug-likeness (QED) is 0.706. The Kier molecular flexibility index (Phi) is 6.41. The van der Waals surface area contributed by atoms with E-state index in [0.29, 0.717) is 6.04 Å². The molecule has 3 N–H and O–H groups in total. The molecule has 1 unspecified atom stereocenters. The lowest BCUT2D eigenvalue weighted by Crippen LogP contribution is -2.41. The second-order valence-corrected chi connectivity index (χ2v) is 5.61. The van der Waals surface area contributed by atoms with Gasteiger partial charge in [0.05, 0.1) is 6.61 Å². The monoisotopic (exact) mass is 216 g/mol. The second-order valence-electron chi connectivity index (χ2n) is 5.61. The van der Waals surface area contributed by atoms with Crippen LogP contribution in [0.3, 0.4) is 0 Å². The first kappa shape index (κ1) is 14.9. The zero-order valence-electron chi connectivity index (χ0n) is 11.0. The van der Waals surface area contributed by atoms with E-state index >= 15 is 0 Å². The largest absolute Gasteiger partial charge is 0.395 e. The van der Waals surface area contributed by atoms with Gasteiger partial charge in [-0.15, -0.1) is 0 Å². The van der Waals surface area contributed by atoms with Crippen LogP contribution in [0, 0.1) is 5.41 Å². The van der Waals surface area contributed by atoms with Gasteiger partial charge in [-0.1, -0.05) is 20.8 Å². The molecule has 0 aliphatic rings. The predicted octanol–water partition coefficient (Wildman–Crippen LogP) is 1.45. The van der Waals surface area contributed by atoms with Gasteiger partial charge in [0.1, 0.15) is 0 Å². The predicted molar refractivity (Wildman–Crippen MR) is 65.8 cm³/mol. The molecule has 0 rings (SSSR count). The van der Waals surface area contributed by atoms with Gasteiger partial charge in [-0.05, 0) is 32.2 Å². The first-order valence-corrected chi connectivity index (χ1v) is 5.89. The summed E-state index contributed by atoms with van der Waals surface area (Å²) in [6.45, 7) is 12.8. The van der Waals surface area contributed by atoms with Gasteiger partial charge in [-0.3, -0.25) is 4.90 Å². The van der Waals surface area contributed by atoms with Crippen molar-refractivity contribution in [3.8, 4) is 0 Å². The maximum absolute atomic E-state index is 8.94. The van der Waals surface area contributed by atoms with Crippen LogP contribution < -0.4 is 5.73 Å². The fourth-order valence-electron chi connectivity index (χ4n) is 1.49. The van der Waals surface area contributed by atoms with Crippen LogP contribution in [0.2, 0.25) is 0 Å². The first-order valence-electron chi connectivity index (χ1n) is 5.89. The summed E-state index contributed by atoms with van der Waals surface area (Å²) in [5.41, 5.74) is 6.27. The average Bonchev–Trinajstić information content (AvgIpc) is 2.09. The second kappa shape index (κ2) is 6.46. The Balaban J connectivity index is 3.99. The minimum absolute atomic E-state index is 0.169.